The average Bonchev–Trinajstić information content (AvgIpc) is 2.92. The molecule has 0 radical (unpaired) electrons. The summed E-state index contributed by atoms with van der Waals surface area (Å²) >= 11 is 11.8. The number of para-hydroxylation sites is 1. The summed E-state index contributed by atoms with van der Waals surface area (Å²) in [5.41, 5.74) is 1.50. The maximum absolute atomic E-state index is 12.1. The highest BCUT2D eigenvalue weighted by Crippen LogP contribution is 2.23. The molecular weight excluding hydrogens is 307 g/mol. The van der Waals surface area contributed by atoms with Crippen LogP contribution in [0.1, 0.15) is 16.1 Å². The van der Waals surface area contributed by atoms with Crippen molar-refractivity contribution in [1.82, 2.24) is 0 Å². The van der Waals surface area contributed by atoms with Crippen molar-refractivity contribution in [2.45, 2.75) is 0 Å². The third-order valence-corrected chi connectivity index (χ3v) is 3.78. The van der Waals surface area contributed by atoms with Crippen LogP contribution in [0, 0.1) is 0 Å². The van der Waals surface area contributed by atoms with Crippen molar-refractivity contribution in [3.63, 3.8) is 0 Å². The second-order valence-electron chi connectivity index (χ2n) is 4.52. The van der Waals surface area contributed by atoms with Gasteiger partial charge in [0.25, 0.3) is 0 Å². The molecular formula is C17H10Cl2O2. The fraction of sp³-hybridized carbons (Fsp3) is 0. The Morgan fingerprint density at radius 2 is 1.81 bits per heavy atom. The predicted molar refractivity (Wildman–Crippen MR) is 86.0 cm³/mol. The normalized spacial score (nSPS) is 11.3. The predicted octanol–water partition coefficient (Wildman–Crippen LogP) is 5.64. The Hall–Kier alpha value is -2.03. The summed E-state index contributed by atoms with van der Waals surface area (Å²) in [5.74, 6) is 0.116. The van der Waals surface area contributed by atoms with Crippen LogP contribution in [0.15, 0.2) is 59.0 Å². The lowest BCUT2D eigenvalue weighted by molar-refractivity contribution is 0.102. The summed E-state index contributed by atoms with van der Waals surface area (Å²) in [7, 11) is 0. The Morgan fingerprint density at radius 1 is 1.00 bits per heavy atom. The highest BCUT2D eigenvalue weighted by Gasteiger charge is 2.09. The number of benzene rings is 2. The van der Waals surface area contributed by atoms with Crippen LogP contribution in [-0.4, -0.2) is 5.78 Å². The third kappa shape index (κ3) is 3.02. The van der Waals surface area contributed by atoms with Crippen LogP contribution in [0.4, 0.5) is 0 Å². The zero-order valence-electron chi connectivity index (χ0n) is 10.8. The fourth-order valence-electron chi connectivity index (χ4n) is 1.97. The summed E-state index contributed by atoms with van der Waals surface area (Å²) in [4.78, 5) is 12.1. The first-order valence-electron chi connectivity index (χ1n) is 6.29. The highest BCUT2D eigenvalue weighted by atomic mass is 35.5. The van der Waals surface area contributed by atoms with Gasteiger partial charge >= 0.3 is 0 Å². The van der Waals surface area contributed by atoms with E-state index < -0.39 is 0 Å². The van der Waals surface area contributed by atoms with Crippen molar-refractivity contribution in [3.05, 3.63) is 76.0 Å². The summed E-state index contributed by atoms with van der Waals surface area (Å²) in [5, 5.41) is 1.84. The van der Waals surface area contributed by atoms with Crippen molar-refractivity contribution in [1.29, 1.82) is 0 Å². The number of hydrogen-bond acceptors (Lipinski definition) is 2. The highest BCUT2D eigenvalue weighted by molar-refractivity contribution is 6.42. The first-order valence-corrected chi connectivity index (χ1v) is 7.05. The molecule has 0 aliphatic heterocycles. The van der Waals surface area contributed by atoms with Gasteiger partial charge < -0.3 is 4.42 Å². The molecule has 0 bridgehead atoms. The van der Waals surface area contributed by atoms with Gasteiger partial charge in [0.1, 0.15) is 5.58 Å². The Morgan fingerprint density at radius 3 is 2.57 bits per heavy atom. The lowest BCUT2D eigenvalue weighted by Crippen LogP contribution is -1.90. The Bertz CT molecular complexity index is 814. The van der Waals surface area contributed by atoms with Gasteiger partial charge in [-0.15, -0.1) is 0 Å². The molecule has 104 valence electrons. The number of furan rings is 1. The largest absolute Gasteiger partial charge is 0.453 e. The second-order valence-corrected chi connectivity index (χ2v) is 5.33. The van der Waals surface area contributed by atoms with Crippen LogP contribution in [-0.2, 0) is 0 Å². The summed E-state index contributed by atoms with van der Waals surface area (Å²) in [6.45, 7) is 0. The van der Waals surface area contributed by atoms with E-state index in [2.05, 4.69) is 0 Å². The number of fused-ring (bicyclic) bond motifs is 1. The van der Waals surface area contributed by atoms with Crippen molar-refractivity contribution >= 4 is 46.0 Å². The van der Waals surface area contributed by atoms with E-state index in [0.717, 1.165) is 10.9 Å². The van der Waals surface area contributed by atoms with E-state index in [0.29, 0.717) is 21.4 Å². The Kier molecular flexibility index (Phi) is 3.82. The van der Waals surface area contributed by atoms with Crippen LogP contribution >= 0.6 is 23.2 Å². The van der Waals surface area contributed by atoms with Crippen molar-refractivity contribution < 1.29 is 9.21 Å². The molecule has 0 unspecified atom stereocenters. The molecule has 1 aromatic heterocycles. The van der Waals surface area contributed by atoms with Gasteiger partial charge in [-0.25, -0.2) is 0 Å². The number of rotatable bonds is 3. The number of allylic oxidation sites excluding steroid dienone is 1. The van der Waals surface area contributed by atoms with E-state index in [1.165, 1.54) is 6.08 Å². The quantitative estimate of drug-likeness (QED) is 0.462. The molecule has 0 amide bonds. The zero-order chi connectivity index (χ0) is 14.8. The van der Waals surface area contributed by atoms with Crippen molar-refractivity contribution in [2.75, 3.05) is 0 Å². The third-order valence-electron chi connectivity index (χ3n) is 3.04. The fourth-order valence-corrected chi connectivity index (χ4v) is 2.28. The number of ketones is 1. The van der Waals surface area contributed by atoms with Crippen LogP contribution in [0.2, 0.25) is 10.0 Å². The molecule has 2 nitrogen and oxygen atoms in total. The van der Waals surface area contributed by atoms with Gasteiger partial charge in [0.15, 0.2) is 5.76 Å². The van der Waals surface area contributed by atoms with Crippen LogP contribution in [0.25, 0.3) is 17.0 Å². The molecule has 0 atom stereocenters. The Balaban J connectivity index is 1.84. The molecule has 4 heteroatoms. The van der Waals surface area contributed by atoms with E-state index >= 15 is 0 Å². The minimum absolute atomic E-state index is 0.197. The maximum atomic E-state index is 12.1. The van der Waals surface area contributed by atoms with E-state index in [4.69, 9.17) is 27.6 Å². The van der Waals surface area contributed by atoms with E-state index in [1.807, 2.05) is 24.3 Å². The van der Waals surface area contributed by atoms with Gasteiger partial charge in [0.05, 0.1) is 10.0 Å². The zero-order valence-corrected chi connectivity index (χ0v) is 12.4. The van der Waals surface area contributed by atoms with Gasteiger partial charge in [-0.2, -0.15) is 0 Å². The van der Waals surface area contributed by atoms with Crippen molar-refractivity contribution in [3.8, 4) is 0 Å². The molecule has 3 aromatic rings. The first kappa shape index (κ1) is 13.9. The second kappa shape index (κ2) is 5.76. The van der Waals surface area contributed by atoms with E-state index in [9.17, 15) is 4.79 Å². The van der Waals surface area contributed by atoms with Gasteiger partial charge in [0.2, 0.25) is 5.78 Å². The van der Waals surface area contributed by atoms with Crippen molar-refractivity contribution in [2.24, 2.45) is 0 Å². The minimum Gasteiger partial charge on any atom is -0.453 e. The molecule has 21 heavy (non-hydrogen) atoms. The lowest BCUT2D eigenvalue weighted by Gasteiger charge is -1.97. The summed E-state index contributed by atoms with van der Waals surface area (Å²) in [6, 6.07) is 14.4. The number of hydrogen-bond donors (Lipinski definition) is 0. The summed E-state index contributed by atoms with van der Waals surface area (Å²) in [6.07, 6.45) is 3.13. The van der Waals surface area contributed by atoms with Crippen LogP contribution in [0.5, 0.6) is 0 Å². The standard InChI is InChI=1S/C17H10Cl2O2/c18-13-7-5-11(9-14(13)19)6-8-15(20)17-10-12-3-1-2-4-16(12)21-17/h1-10H/b8-6+. The molecule has 0 N–H and O–H groups in total. The molecule has 2 aromatic carbocycles. The Labute approximate surface area is 131 Å². The van der Waals surface area contributed by atoms with Gasteiger partial charge in [0, 0.05) is 5.39 Å². The molecule has 0 fully saturated rings. The molecule has 0 aliphatic carbocycles. The van der Waals surface area contributed by atoms with Crippen LogP contribution in [0.3, 0.4) is 0 Å². The molecule has 0 saturated carbocycles. The number of halogens is 2. The van der Waals surface area contributed by atoms with Gasteiger partial charge in [-0.1, -0.05) is 53.5 Å². The average molecular weight is 317 g/mol. The van der Waals surface area contributed by atoms with Gasteiger partial charge in [-0.05, 0) is 35.9 Å². The number of carbonyl (C=O) groups excluding carboxylic acids is 1. The molecule has 3 rings (SSSR count). The molecule has 1 heterocycles. The topological polar surface area (TPSA) is 30.2 Å². The van der Waals surface area contributed by atoms with Gasteiger partial charge in [-0.3, -0.25) is 4.79 Å². The van der Waals surface area contributed by atoms with Crippen LogP contribution < -0.4 is 0 Å². The summed E-state index contributed by atoms with van der Waals surface area (Å²) < 4.78 is 5.51. The molecule has 0 aliphatic rings. The minimum atomic E-state index is -0.197. The first-order chi connectivity index (χ1) is 10.1. The van der Waals surface area contributed by atoms with E-state index in [-0.39, 0.29) is 5.78 Å². The van der Waals surface area contributed by atoms with E-state index in [1.54, 1.807) is 30.3 Å². The SMILES string of the molecule is O=C(/C=C/c1ccc(Cl)c(Cl)c1)c1cc2ccccc2o1. The lowest BCUT2D eigenvalue weighted by atomic mass is 10.1. The smallest absolute Gasteiger partial charge is 0.221 e. The molecule has 0 spiro atoms. The monoisotopic (exact) mass is 316 g/mol. The number of carbonyl (C=O) groups is 1. The molecule has 0 saturated heterocycles. The maximum Gasteiger partial charge on any atom is 0.221 e.